The maximum absolute atomic E-state index is 13.8. The quantitative estimate of drug-likeness (QED) is 0.765. The van der Waals surface area contributed by atoms with Gasteiger partial charge in [0.25, 0.3) is 5.89 Å². The monoisotopic (exact) mass is 255 g/mol. The zero-order chi connectivity index (χ0) is 13.1. The van der Waals surface area contributed by atoms with Crippen LogP contribution in [-0.4, -0.2) is 46.6 Å². The standard InChI is InChI=1S/C12H18FN3O2/c1-3-9-4-5-16(6-10(9)13)7-11(17)12-14-8(2)15-18-12/h9-10H,3-7H2,1-2H3/t9?,10-/m1/s1. The molecule has 0 aliphatic carbocycles. The molecule has 5 nitrogen and oxygen atoms in total. The molecule has 0 bridgehead atoms. The lowest BCUT2D eigenvalue weighted by atomic mass is 9.92. The molecule has 1 aromatic heterocycles. The van der Waals surface area contributed by atoms with E-state index in [9.17, 15) is 9.18 Å². The predicted molar refractivity (Wildman–Crippen MR) is 63.1 cm³/mol. The Morgan fingerprint density at radius 3 is 2.94 bits per heavy atom. The topological polar surface area (TPSA) is 59.2 Å². The molecule has 1 aromatic rings. The Bertz CT molecular complexity index is 421. The van der Waals surface area contributed by atoms with Gasteiger partial charge in [-0.25, -0.2) is 4.39 Å². The van der Waals surface area contributed by atoms with E-state index in [-0.39, 0.29) is 24.1 Å². The summed E-state index contributed by atoms with van der Waals surface area (Å²) in [5.74, 6) is 0.340. The van der Waals surface area contributed by atoms with Gasteiger partial charge in [0, 0.05) is 6.54 Å². The Hall–Kier alpha value is -1.30. The van der Waals surface area contributed by atoms with Gasteiger partial charge in [0.1, 0.15) is 6.17 Å². The Morgan fingerprint density at radius 1 is 1.61 bits per heavy atom. The first kappa shape index (κ1) is 13.1. The van der Waals surface area contributed by atoms with Crippen molar-refractivity contribution in [2.24, 2.45) is 5.92 Å². The Labute approximate surface area is 105 Å². The molecule has 0 N–H and O–H groups in total. The minimum atomic E-state index is -0.846. The lowest BCUT2D eigenvalue weighted by Gasteiger charge is -2.33. The Morgan fingerprint density at radius 2 is 2.39 bits per heavy atom. The van der Waals surface area contributed by atoms with Crippen molar-refractivity contribution in [2.45, 2.75) is 32.9 Å². The third kappa shape index (κ3) is 2.93. The smallest absolute Gasteiger partial charge is 0.295 e. The number of aromatic nitrogens is 2. The summed E-state index contributed by atoms with van der Waals surface area (Å²) >= 11 is 0. The summed E-state index contributed by atoms with van der Waals surface area (Å²) < 4.78 is 18.6. The number of piperidine rings is 1. The van der Waals surface area contributed by atoms with Gasteiger partial charge in [-0.15, -0.1) is 0 Å². The molecule has 2 rings (SSSR count). The van der Waals surface area contributed by atoms with Gasteiger partial charge in [-0.3, -0.25) is 9.69 Å². The molecular formula is C12H18FN3O2. The summed E-state index contributed by atoms with van der Waals surface area (Å²) in [6.07, 6.45) is 0.806. The number of alkyl halides is 1. The van der Waals surface area contributed by atoms with Crippen LogP contribution in [-0.2, 0) is 0 Å². The molecule has 2 heterocycles. The highest BCUT2D eigenvalue weighted by atomic mass is 19.1. The van der Waals surface area contributed by atoms with E-state index >= 15 is 0 Å². The Balaban J connectivity index is 1.89. The summed E-state index contributed by atoms with van der Waals surface area (Å²) in [5.41, 5.74) is 0. The number of carbonyl (C=O) groups is 1. The molecule has 0 spiro atoms. The third-order valence-corrected chi connectivity index (χ3v) is 3.42. The lowest BCUT2D eigenvalue weighted by molar-refractivity contribution is 0.0670. The second-order valence-corrected chi connectivity index (χ2v) is 4.78. The van der Waals surface area contributed by atoms with Crippen LogP contribution < -0.4 is 0 Å². The molecule has 0 amide bonds. The molecule has 1 fully saturated rings. The van der Waals surface area contributed by atoms with Crippen molar-refractivity contribution in [1.82, 2.24) is 15.0 Å². The van der Waals surface area contributed by atoms with Gasteiger partial charge < -0.3 is 4.52 Å². The first-order valence-corrected chi connectivity index (χ1v) is 6.30. The minimum absolute atomic E-state index is 0.0144. The summed E-state index contributed by atoms with van der Waals surface area (Å²) in [6, 6.07) is 0. The number of likely N-dealkylation sites (tertiary alicyclic amines) is 1. The van der Waals surface area contributed by atoms with Crippen molar-refractivity contribution in [3.8, 4) is 0 Å². The van der Waals surface area contributed by atoms with E-state index in [1.165, 1.54) is 0 Å². The molecule has 0 radical (unpaired) electrons. The molecule has 6 heteroatoms. The third-order valence-electron chi connectivity index (χ3n) is 3.42. The number of carbonyl (C=O) groups excluding carboxylic acids is 1. The van der Waals surface area contributed by atoms with E-state index in [4.69, 9.17) is 4.52 Å². The minimum Gasteiger partial charge on any atom is -0.331 e. The molecule has 1 unspecified atom stereocenters. The molecule has 1 saturated heterocycles. The number of halogens is 1. The van der Waals surface area contributed by atoms with Crippen molar-refractivity contribution in [3.05, 3.63) is 11.7 Å². The molecule has 100 valence electrons. The highest BCUT2D eigenvalue weighted by Crippen LogP contribution is 2.23. The Kier molecular flexibility index (Phi) is 4.06. The maximum atomic E-state index is 13.8. The van der Waals surface area contributed by atoms with Crippen LogP contribution in [0.25, 0.3) is 0 Å². The van der Waals surface area contributed by atoms with Crippen molar-refractivity contribution >= 4 is 5.78 Å². The fourth-order valence-corrected chi connectivity index (χ4v) is 2.30. The van der Waals surface area contributed by atoms with E-state index in [1.807, 2.05) is 11.8 Å². The maximum Gasteiger partial charge on any atom is 0.295 e. The molecule has 0 aromatic carbocycles. The van der Waals surface area contributed by atoms with Crippen LogP contribution in [0, 0.1) is 12.8 Å². The van der Waals surface area contributed by atoms with Crippen LogP contribution in [0.4, 0.5) is 4.39 Å². The van der Waals surface area contributed by atoms with Gasteiger partial charge in [0.2, 0.25) is 5.78 Å². The second-order valence-electron chi connectivity index (χ2n) is 4.78. The summed E-state index contributed by atoms with van der Waals surface area (Å²) in [6.45, 7) is 4.87. The van der Waals surface area contributed by atoms with Gasteiger partial charge in [-0.05, 0) is 25.8 Å². The normalized spacial score (nSPS) is 25.3. The van der Waals surface area contributed by atoms with Crippen LogP contribution in [0.2, 0.25) is 0 Å². The van der Waals surface area contributed by atoms with Crippen LogP contribution in [0.5, 0.6) is 0 Å². The zero-order valence-corrected chi connectivity index (χ0v) is 10.7. The number of rotatable bonds is 4. The van der Waals surface area contributed by atoms with Crippen LogP contribution in [0.3, 0.4) is 0 Å². The molecule has 0 saturated carbocycles. The predicted octanol–water partition coefficient (Wildman–Crippen LogP) is 1.63. The van der Waals surface area contributed by atoms with Crippen LogP contribution in [0.15, 0.2) is 4.52 Å². The van der Waals surface area contributed by atoms with Crippen molar-refractivity contribution < 1.29 is 13.7 Å². The highest BCUT2D eigenvalue weighted by molar-refractivity contribution is 5.93. The van der Waals surface area contributed by atoms with Gasteiger partial charge in [-0.1, -0.05) is 18.5 Å². The largest absolute Gasteiger partial charge is 0.331 e. The highest BCUT2D eigenvalue weighted by Gasteiger charge is 2.29. The number of ketones is 1. The van der Waals surface area contributed by atoms with Crippen molar-refractivity contribution in [2.75, 3.05) is 19.6 Å². The molecule has 1 aliphatic rings. The summed E-state index contributed by atoms with van der Waals surface area (Å²) in [4.78, 5) is 17.5. The number of nitrogens with zero attached hydrogens (tertiary/aromatic N) is 3. The number of hydrogen-bond acceptors (Lipinski definition) is 5. The SMILES string of the molecule is CCC1CCN(CC(=O)c2nc(C)no2)C[C@H]1F. The number of hydrogen-bond donors (Lipinski definition) is 0. The van der Waals surface area contributed by atoms with Gasteiger partial charge >= 0.3 is 0 Å². The van der Waals surface area contributed by atoms with Gasteiger partial charge in [0.15, 0.2) is 5.82 Å². The van der Waals surface area contributed by atoms with E-state index in [0.717, 1.165) is 19.4 Å². The summed E-state index contributed by atoms with van der Waals surface area (Å²) in [5, 5.41) is 3.57. The number of aryl methyl sites for hydroxylation is 1. The average molecular weight is 255 g/mol. The first-order valence-electron chi connectivity index (χ1n) is 6.30. The fourth-order valence-electron chi connectivity index (χ4n) is 2.30. The van der Waals surface area contributed by atoms with E-state index < -0.39 is 6.17 Å². The zero-order valence-electron chi connectivity index (χ0n) is 10.7. The average Bonchev–Trinajstić information content (AvgIpc) is 2.76. The van der Waals surface area contributed by atoms with Crippen molar-refractivity contribution in [3.63, 3.8) is 0 Å². The molecule has 1 aliphatic heterocycles. The lowest BCUT2D eigenvalue weighted by Crippen LogP contribution is -2.43. The first-order chi connectivity index (χ1) is 8.60. The fraction of sp³-hybridized carbons (Fsp3) is 0.750. The summed E-state index contributed by atoms with van der Waals surface area (Å²) in [7, 11) is 0. The molecular weight excluding hydrogens is 237 g/mol. The van der Waals surface area contributed by atoms with Crippen LogP contribution >= 0.6 is 0 Å². The van der Waals surface area contributed by atoms with E-state index in [2.05, 4.69) is 10.1 Å². The molecule has 2 atom stereocenters. The molecule has 18 heavy (non-hydrogen) atoms. The van der Waals surface area contributed by atoms with E-state index in [1.54, 1.807) is 6.92 Å². The van der Waals surface area contributed by atoms with Gasteiger partial charge in [-0.2, -0.15) is 4.98 Å². The number of Topliss-reactive ketones (excluding diaryl/α,β-unsaturated/α-hetero) is 1. The van der Waals surface area contributed by atoms with Crippen LogP contribution in [0.1, 0.15) is 36.3 Å². The van der Waals surface area contributed by atoms with E-state index in [0.29, 0.717) is 12.4 Å². The van der Waals surface area contributed by atoms with Gasteiger partial charge in [0.05, 0.1) is 6.54 Å². The second kappa shape index (κ2) is 5.56. The van der Waals surface area contributed by atoms with Crippen molar-refractivity contribution in [1.29, 1.82) is 0 Å².